The minimum absolute atomic E-state index is 0.0410. The standard InChI is InChI=1S/C34H48N2O2S/c1-4-5-6-7-8-9-10-11-12-13-14-15-24-38-33-22-20-32(21-23-33)34(35-29(3)37)31-18-16-30(17-19-31)26-36-25-28(2)39-27-36/h16-23,25,27,34H,4-15,24,26H2,1-3H3/p+1. The highest BCUT2D eigenvalue weighted by Gasteiger charge is 2.16. The van der Waals surface area contributed by atoms with Crippen LogP contribution in [0, 0.1) is 6.92 Å². The smallest absolute Gasteiger partial charge is 0.225 e. The van der Waals surface area contributed by atoms with E-state index in [1.54, 1.807) is 18.3 Å². The van der Waals surface area contributed by atoms with Crippen molar-refractivity contribution in [1.82, 2.24) is 5.32 Å². The van der Waals surface area contributed by atoms with Crippen LogP contribution in [0.3, 0.4) is 0 Å². The molecule has 1 atom stereocenters. The predicted octanol–water partition coefficient (Wildman–Crippen LogP) is 8.70. The zero-order valence-corrected chi connectivity index (χ0v) is 25.2. The first-order valence-electron chi connectivity index (χ1n) is 15.1. The molecule has 0 spiro atoms. The molecule has 0 fully saturated rings. The normalized spacial score (nSPS) is 11.9. The van der Waals surface area contributed by atoms with Gasteiger partial charge >= 0.3 is 0 Å². The Kier molecular flexibility index (Phi) is 14.1. The molecule has 1 aromatic heterocycles. The van der Waals surface area contributed by atoms with Gasteiger partial charge in [-0.3, -0.25) is 4.79 Å². The largest absolute Gasteiger partial charge is 0.494 e. The molecule has 0 aliphatic carbocycles. The Bertz CT molecular complexity index is 1080. The second-order valence-electron chi connectivity index (χ2n) is 10.8. The number of aromatic nitrogens is 1. The van der Waals surface area contributed by atoms with E-state index in [1.807, 2.05) is 12.1 Å². The van der Waals surface area contributed by atoms with E-state index >= 15 is 0 Å². The molecule has 0 radical (unpaired) electrons. The van der Waals surface area contributed by atoms with Gasteiger partial charge in [-0.2, -0.15) is 4.57 Å². The monoisotopic (exact) mass is 549 g/mol. The summed E-state index contributed by atoms with van der Waals surface area (Å²) in [7, 11) is 0. The molecule has 0 aliphatic rings. The fourth-order valence-corrected chi connectivity index (χ4v) is 5.64. The molecule has 1 heterocycles. The SMILES string of the molecule is CCCCCCCCCCCCCCOc1ccc(C(NC(C)=O)c2ccc(C[n+]3csc(C)c3)cc2)cc1. The van der Waals surface area contributed by atoms with Crippen molar-refractivity contribution in [2.45, 2.75) is 110 Å². The van der Waals surface area contributed by atoms with Crippen molar-refractivity contribution < 1.29 is 14.1 Å². The van der Waals surface area contributed by atoms with Gasteiger partial charge in [0.15, 0.2) is 12.7 Å². The fraction of sp³-hybridized carbons (Fsp3) is 0.529. The average molecular weight is 550 g/mol. The number of nitrogens with one attached hydrogen (secondary N) is 1. The highest BCUT2D eigenvalue weighted by Crippen LogP contribution is 2.25. The number of nitrogens with zero attached hydrogens (tertiary/aromatic N) is 1. The van der Waals surface area contributed by atoms with Crippen LogP contribution < -0.4 is 14.6 Å². The van der Waals surface area contributed by atoms with Gasteiger partial charge in [0.2, 0.25) is 11.4 Å². The van der Waals surface area contributed by atoms with Crippen molar-refractivity contribution in [3.63, 3.8) is 0 Å². The molecular weight excluding hydrogens is 500 g/mol. The van der Waals surface area contributed by atoms with E-state index in [1.165, 1.54) is 81.1 Å². The second kappa shape index (κ2) is 17.8. The number of hydrogen-bond donors (Lipinski definition) is 1. The number of unbranched alkanes of at least 4 members (excludes halogenated alkanes) is 11. The summed E-state index contributed by atoms with van der Waals surface area (Å²) in [6.45, 7) is 7.58. The number of amides is 1. The summed E-state index contributed by atoms with van der Waals surface area (Å²) in [5.41, 5.74) is 5.51. The number of hydrogen-bond acceptors (Lipinski definition) is 3. The van der Waals surface area contributed by atoms with E-state index in [0.29, 0.717) is 0 Å². The maximum Gasteiger partial charge on any atom is 0.225 e. The first kappa shape index (κ1) is 30.9. The molecular formula is C34H49N2O2S+. The van der Waals surface area contributed by atoms with Gasteiger partial charge < -0.3 is 10.1 Å². The Labute approximate surface area is 240 Å². The van der Waals surface area contributed by atoms with Gasteiger partial charge in [-0.05, 0) is 36.6 Å². The molecule has 0 bridgehead atoms. The molecule has 1 amide bonds. The number of thiazole rings is 1. The summed E-state index contributed by atoms with van der Waals surface area (Å²) in [6.07, 6.45) is 18.3. The third-order valence-electron chi connectivity index (χ3n) is 7.23. The van der Waals surface area contributed by atoms with Gasteiger partial charge in [0, 0.05) is 12.5 Å². The number of ether oxygens (including phenoxy) is 1. The first-order chi connectivity index (χ1) is 19.0. The van der Waals surface area contributed by atoms with Crippen LogP contribution in [0.5, 0.6) is 5.75 Å². The summed E-state index contributed by atoms with van der Waals surface area (Å²) in [4.78, 5) is 13.3. The molecule has 1 N–H and O–H groups in total. The molecule has 0 aliphatic heterocycles. The van der Waals surface area contributed by atoms with Crippen molar-refractivity contribution in [2.75, 3.05) is 6.61 Å². The third kappa shape index (κ3) is 11.9. The van der Waals surface area contributed by atoms with Crippen molar-refractivity contribution >= 4 is 17.2 Å². The number of carbonyl (C=O) groups is 1. The van der Waals surface area contributed by atoms with Gasteiger partial charge in [0.25, 0.3) is 0 Å². The number of aryl methyl sites for hydroxylation is 1. The first-order valence-corrected chi connectivity index (χ1v) is 16.0. The Morgan fingerprint density at radius 1 is 0.821 bits per heavy atom. The minimum atomic E-state index is -0.182. The van der Waals surface area contributed by atoms with Crippen LogP contribution in [-0.2, 0) is 11.3 Å². The van der Waals surface area contributed by atoms with E-state index in [2.05, 4.69) is 71.8 Å². The van der Waals surface area contributed by atoms with Crippen molar-refractivity contribution in [3.8, 4) is 5.75 Å². The molecule has 5 heteroatoms. The zero-order chi connectivity index (χ0) is 27.7. The summed E-state index contributed by atoms with van der Waals surface area (Å²) >= 11 is 1.76. The summed E-state index contributed by atoms with van der Waals surface area (Å²) < 4.78 is 8.21. The molecule has 3 rings (SSSR count). The number of benzene rings is 2. The molecule has 1 unspecified atom stereocenters. The van der Waals surface area contributed by atoms with Crippen molar-refractivity contribution in [3.05, 3.63) is 81.8 Å². The Morgan fingerprint density at radius 3 is 1.87 bits per heavy atom. The Balaban J connectivity index is 1.38. The molecule has 212 valence electrons. The lowest BCUT2D eigenvalue weighted by Crippen LogP contribution is -2.30. The lowest BCUT2D eigenvalue weighted by Gasteiger charge is -2.19. The van der Waals surface area contributed by atoms with E-state index in [9.17, 15) is 4.79 Å². The quantitative estimate of drug-likeness (QED) is 0.120. The molecule has 2 aromatic carbocycles. The fourth-order valence-electron chi connectivity index (χ4n) is 5.01. The maximum absolute atomic E-state index is 12.0. The van der Waals surface area contributed by atoms with E-state index < -0.39 is 0 Å². The second-order valence-corrected chi connectivity index (χ2v) is 11.9. The van der Waals surface area contributed by atoms with E-state index in [0.717, 1.165) is 36.4 Å². The molecule has 39 heavy (non-hydrogen) atoms. The van der Waals surface area contributed by atoms with Crippen molar-refractivity contribution in [1.29, 1.82) is 0 Å². The Morgan fingerprint density at radius 2 is 1.36 bits per heavy atom. The third-order valence-corrected chi connectivity index (χ3v) is 8.08. The lowest BCUT2D eigenvalue weighted by atomic mass is 9.97. The van der Waals surface area contributed by atoms with Gasteiger partial charge in [-0.25, -0.2) is 0 Å². The van der Waals surface area contributed by atoms with Crippen molar-refractivity contribution in [2.24, 2.45) is 0 Å². The van der Waals surface area contributed by atoms with Crippen LogP contribution in [0.1, 0.15) is 119 Å². The molecule has 4 nitrogen and oxygen atoms in total. The van der Waals surface area contributed by atoms with Crippen LogP contribution in [0.15, 0.2) is 60.2 Å². The van der Waals surface area contributed by atoms with Crippen LogP contribution >= 0.6 is 11.3 Å². The van der Waals surface area contributed by atoms with Gasteiger partial charge in [-0.15, -0.1) is 0 Å². The summed E-state index contributed by atoms with van der Waals surface area (Å²) in [5, 5.41) is 3.12. The van der Waals surface area contributed by atoms with Crippen LogP contribution in [0.2, 0.25) is 0 Å². The number of carbonyl (C=O) groups excluding carboxylic acids is 1. The zero-order valence-electron chi connectivity index (χ0n) is 24.4. The Hall–Kier alpha value is -2.66. The van der Waals surface area contributed by atoms with Crippen LogP contribution in [0.4, 0.5) is 0 Å². The van der Waals surface area contributed by atoms with Gasteiger partial charge in [0.05, 0.1) is 17.5 Å². The number of rotatable bonds is 19. The van der Waals surface area contributed by atoms with Gasteiger partial charge in [-0.1, -0.05) is 125 Å². The van der Waals surface area contributed by atoms with E-state index in [-0.39, 0.29) is 11.9 Å². The molecule has 0 saturated heterocycles. The topological polar surface area (TPSA) is 42.2 Å². The molecule has 0 saturated carbocycles. The highest BCUT2D eigenvalue weighted by atomic mass is 32.1. The summed E-state index contributed by atoms with van der Waals surface area (Å²) in [6, 6.07) is 16.5. The predicted molar refractivity (Wildman–Crippen MR) is 163 cm³/mol. The average Bonchev–Trinajstić information content (AvgIpc) is 3.35. The summed E-state index contributed by atoms with van der Waals surface area (Å²) in [5.74, 6) is 0.850. The van der Waals surface area contributed by atoms with Crippen LogP contribution in [-0.4, -0.2) is 12.5 Å². The lowest BCUT2D eigenvalue weighted by molar-refractivity contribution is -0.683. The van der Waals surface area contributed by atoms with Gasteiger partial charge in [0.1, 0.15) is 5.75 Å². The minimum Gasteiger partial charge on any atom is -0.494 e. The van der Waals surface area contributed by atoms with Crippen LogP contribution in [0.25, 0.3) is 0 Å². The molecule has 3 aromatic rings. The maximum atomic E-state index is 12.0. The van der Waals surface area contributed by atoms with E-state index in [4.69, 9.17) is 4.74 Å². The highest BCUT2D eigenvalue weighted by molar-refractivity contribution is 7.09.